The van der Waals surface area contributed by atoms with E-state index >= 15 is 0 Å². The fraction of sp³-hybridized carbons (Fsp3) is 0.417. The summed E-state index contributed by atoms with van der Waals surface area (Å²) in [4.78, 5) is 60.7. The average Bonchev–Trinajstić information content (AvgIpc) is 4.01. The number of sulfonamides is 1. The van der Waals surface area contributed by atoms with E-state index in [9.17, 15) is 32.0 Å². The Bertz CT molecular complexity index is 1980. The van der Waals surface area contributed by atoms with Crippen LogP contribution < -0.4 is 24.8 Å². The predicted octanol–water partition coefficient (Wildman–Crippen LogP) is 3.59. The molecule has 1 aliphatic heterocycles. The van der Waals surface area contributed by atoms with Gasteiger partial charge >= 0.3 is 6.09 Å². The lowest BCUT2D eigenvalue weighted by Gasteiger charge is -2.35. The van der Waals surface area contributed by atoms with E-state index in [0.29, 0.717) is 18.7 Å². The van der Waals surface area contributed by atoms with Crippen molar-refractivity contribution in [1.29, 1.82) is 0 Å². The van der Waals surface area contributed by atoms with Gasteiger partial charge in [0.2, 0.25) is 27.7 Å². The molecule has 13 nitrogen and oxygen atoms in total. The largest absolute Gasteiger partial charge is 0.472 e. The van der Waals surface area contributed by atoms with Gasteiger partial charge in [0.25, 0.3) is 5.91 Å². The number of carbonyl (C=O) groups excluding carboxylic acids is 4. The van der Waals surface area contributed by atoms with Crippen LogP contribution in [0.15, 0.2) is 73.4 Å². The van der Waals surface area contributed by atoms with Crippen LogP contribution in [0.4, 0.5) is 9.18 Å². The Labute approximate surface area is 295 Å². The number of carbonyl (C=O) groups is 4. The van der Waals surface area contributed by atoms with Gasteiger partial charge in [-0.15, -0.1) is 6.58 Å². The van der Waals surface area contributed by atoms with Crippen LogP contribution in [0.3, 0.4) is 0 Å². The zero-order valence-corrected chi connectivity index (χ0v) is 29.2. The maximum Gasteiger partial charge on any atom is 0.413 e. The molecule has 6 rings (SSSR count). The second-order valence-corrected chi connectivity index (χ2v) is 16.2. The number of hydrogen-bond acceptors (Lipinski definition) is 9. The standard InChI is InChI=1S/C36H40FN5O8S/c1-5-22-19-36(22,33(45)41-51(47,48)26-14-15-26)40-30(43)28-18-25(49-31-27-9-7-6-8-21(27)16-17-38-31)20-42(28)32(44)29(35(2,3)4)39-34(46)50-24-12-10-23(37)11-13-24/h5-13,16-17,22,25-26,28-29H,1,14-15,18-20H2,2-4H3,(H,39,46)(H,40,43)(H,41,45)/t22-,25-,28+,29-,36-/m1/s1. The van der Waals surface area contributed by atoms with Crippen molar-refractivity contribution in [2.45, 2.75) is 75.4 Å². The summed E-state index contributed by atoms with van der Waals surface area (Å²) in [5.41, 5.74) is -2.47. The van der Waals surface area contributed by atoms with Gasteiger partial charge in [-0.1, -0.05) is 45.0 Å². The van der Waals surface area contributed by atoms with E-state index < -0.39 is 80.0 Å². The number of nitrogens with one attached hydrogen (secondary N) is 3. The maximum absolute atomic E-state index is 14.4. The third kappa shape index (κ3) is 7.67. The van der Waals surface area contributed by atoms with Crippen molar-refractivity contribution in [3.8, 4) is 11.6 Å². The van der Waals surface area contributed by atoms with Crippen molar-refractivity contribution in [3.63, 3.8) is 0 Å². The van der Waals surface area contributed by atoms with E-state index in [0.717, 1.165) is 22.9 Å². The van der Waals surface area contributed by atoms with E-state index in [1.54, 1.807) is 27.0 Å². The van der Waals surface area contributed by atoms with Gasteiger partial charge in [0, 0.05) is 23.9 Å². The highest BCUT2D eigenvalue weighted by Gasteiger charge is 2.62. The number of aromatic nitrogens is 1. The summed E-state index contributed by atoms with van der Waals surface area (Å²) in [6.45, 7) is 8.85. The minimum atomic E-state index is -3.91. The van der Waals surface area contributed by atoms with Crippen LogP contribution in [0.5, 0.6) is 11.6 Å². The Kier molecular flexibility index (Phi) is 9.53. The smallest absolute Gasteiger partial charge is 0.413 e. The molecule has 270 valence electrons. The number of benzene rings is 2. The topological polar surface area (TPSA) is 173 Å². The van der Waals surface area contributed by atoms with Crippen molar-refractivity contribution in [1.82, 2.24) is 25.2 Å². The van der Waals surface area contributed by atoms with E-state index in [1.807, 2.05) is 30.3 Å². The molecule has 2 aromatic carbocycles. The summed E-state index contributed by atoms with van der Waals surface area (Å²) in [5, 5.41) is 6.30. The number of rotatable bonds is 11. The Morgan fingerprint density at radius 3 is 2.43 bits per heavy atom. The molecule has 3 aliphatic rings. The van der Waals surface area contributed by atoms with Crippen LogP contribution in [-0.4, -0.2) is 77.6 Å². The molecule has 51 heavy (non-hydrogen) atoms. The maximum atomic E-state index is 14.4. The lowest BCUT2D eigenvalue weighted by molar-refractivity contribution is -0.142. The lowest BCUT2D eigenvalue weighted by Crippen LogP contribution is -2.60. The van der Waals surface area contributed by atoms with Crippen LogP contribution in [0, 0.1) is 17.2 Å². The molecule has 2 saturated carbocycles. The molecular formula is C36H40FN5O8S. The molecule has 3 aromatic rings. The van der Waals surface area contributed by atoms with Crippen LogP contribution in [-0.2, 0) is 24.4 Å². The first-order chi connectivity index (χ1) is 24.1. The van der Waals surface area contributed by atoms with Gasteiger partial charge in [-0.05, 0) is 66.5 Å². The minimum absolute atomic E-state index is 0.00378. The molecule has 0 bridgehead atoms. The van der Waals surface area contributed by atoms with E-state index in [4.69, 9.17) is 9.47 Å². The molecule has 0 spiro atoms. The SMILES string of the molecule is C=C[C@@H]1C[C@]1(NC(=O)[C@@H]1C[C@@H](Oc2nccc3ccccc23)CN1C(=O)[C@@H](NC(=O)Oc1ccc(F)cc1)C(C)(C)C)C(=O)NS(=O)(=O)C1CC1. The molecule has 15 heteroatoms. The summed E-state index contributed by atoms with van der Waals surface area (Å²) in [6, 6.07) is 11.7. The Morgan fingerprint density at radius 2 is 1.78 bits per heavy atom. The van der Waals surface area contributed by atoms with Crippen LogP contribution in [0.2, 0.25) is 0 Å². The summed E-state index contributed by atoms with van der Waals surface area (Å²) < 4.78 is 52.5. The molecule has 2 aliphatic carbocycles. The van der Waals surface area contributed by atoms with Crippen molar-refractivity contribution >= 4 is 44.6 Å². The van der Waals surface area contributed by atoms with Gasteiger partial charge < -0.3 is 25.0 Å². The predicted molar refractivity (Wildman–Crippen MR) is 184 cm³/mol. The molecule has 3 fully saturated rings. The third-order valence-electron chi connectivity index (χ3n) is 9.41. The van der Waals surface area contributed by atoms with Crippen LogP contribution in [0.25, 0.3) is 10.8 Å². The molecule has 5 atom stereocenters. The van der Waals surface area contributed by atoms with Gasteiger partial charge in [0.15, 0.2) is 0 Å². The normalized spacial score (nSPS) is 23.5. The highest BCUT2D eigenvalue weighted by atomic mass is 32.2. The third-order valence-corrected chi connectivity index (χ3v) is 11.2. The molecular weight excluding hydrogens is 681 g/mol. The summed E-state index contributed by atoms with van der Waals surface area (Å²) in [6.07, 6.45) is 2.37. The second kappa shape index (κ2) is 13.6. The highest BCUT2D eigenvalue weighted by Crippen LogP contribution is 2.45. The second-order valence-electron chi connectivity index (χ2n) is 14.3. The fourth-order valence-electron chi connectivity index (χ4n) is 6.31. The highest BCUT2D eigenvalue weighted by molar-refractivity contribution is 7.91. The van der Waals surface area contributed by atoms with Crippen molar-refractivity contribution < 1.29 is 41.5 Å². The van der Waals surface area contributed by atoms with Gasteiger partial charge in [-0.2, -0.15) is 0 Å². The van der Waals surface area contributed by atoms with Crippen molar-refractivity contribution in [3.05, 3.63) is 79.3 Å². The molecule has 3 N–H and O–H groups in total. The summed E-state index contributed by atoms with van der Waals surface area (Å²) in [7, 11) is -3.91. The first kappa shape index (κ1) is 35.8. The molecule has 0 radical (unpaired) electrons. The summed E-state index contributed by atoms with van der Waals surface area (Å²) >= 11 is 0. The number of halogens is 1. The van der Waals surface area contributed by atoms with Gasteiger partial charge in [0.1, 0.15) is 35.3 Å². The number of fused-ring (bicyclic) bond motifs is 1. The number of likely N-dealkylation sites (tertiary alicyclic amines) is 1. The van der Waals surface area contributed by atoms with Gasteiger partial charge in [0.05, 0.1) is 11.8 Å². The average molecular weight is 722 g/mol. The Morgan fingerprint density at radius 1 is 1.08 bits per heavy atom. The summed E-state index contributed by atoms with van der Waals surface area (Å²) in [5.74, 6) is -2.90. The Hall–Kier alpha value is -5.05. The fourth-order valence-corrected chi connectivity index (χ4v) is 7.67. The van der Waals surface area contributed by atoms with Gasteiger partial charge in [-0.25, -0.2) is 22.6 Å². The molecule has 4 amide bonds. The van der Waals surface area contributed by atoms with Crippen LogP contribution in [0.1, 0.15) is 46.5 Å². The zero-order chi connectivity index (χ0) is 36.7. The number of pyridine rings is 1. The number of hydrogen-bond donors (Lipinski definition) is 3. The number of amides is 4. The van der Waals surface area contributed by atoms with E-state index in [1.165, 1.54) is 23.1 Å². The molecule has 0 unspecified atom stereocenters. The number of ether oxygens (including phenoxy) is 2. The van der Waals surface area contributed by atoms with E-state index in [2.05, 4.69) is 26.9 Å². The number of nitrogens with zero attached hydrogens (tertiary/aromatic N) is 2. The first-order valence-corrected chi connectivity index (χ1v) is 18.2. The Balaban J connectivity index is 1.27. The molecule has 1 aromatic heterocycles. The van der Waals surface area contributed by atoms with Crippen molar-refractivity contribution in [2.75, 3.05) is 6.54 Å². The lowest BCUT2D eigenvalue weighted by atomic mass is 9.85. The van der Waals surface area contributed by atoms with Crippen LogP contribution >= 0.6 is 0 Å². The molecule has 1 saturated heterocycles. The first-order valence-electron chi connectivity index (χ1n) is 16.7. The van der Waals surface area contributed by atoms with Crippen molar-refractivity contribution in [2.24, 2.45) is 11.3 Å². The quantitative estimate of drug-likeness (QED) is 0.250. The zero-order valence-electron chi connectivity index (χ0n) is 28.4. The minimum Gasteiger partial charge on any atom is -0.472 e. The monoisotopic (exact) mass is 721 g/mol. The van der Waals surface area contributed by atoms with E-state index in [-0.39, 0.29) is 25.1 Å². The molecule has 2 heterocycles. The van der Waals surface area contributed by atoms with Gasteiger partial charge in [-0.3, -0.25) is 19.1 Å².